The van der Waals surface area contributed by atoms with E-state index in [0.717, 1.165) is 12.8 Å². The van der Waals surface area contributed by atoms with Gasteiger partial charge in [-0.3, -0.25) is 9.78 Å². The molecule has 0 spiro atoms. The van der Waals surface area contributed by atoms with Crippen molar-refractivity contribution in [2.45, 2.75) is 31.2 Å². The van der Waals surface area contributed by atoms with Crippen LogP contribution in [0.3, 0.4) is 0 Å². The van der Waals surface area contributed by atoms with Gasteiger partial charge in [0.2, 0.25) is 0 Å². The van der Waals surface area contributed by atoms with Gasteiger partial charge in [-0.1, -0.05) is 18.0 Å². The van der Waals surface area contributed by atoms with E-state index in [9.17, 15) is 4.79 Å². The standard InChI is InChI=1S/C11H15N5O2/c12-10(16-18)11(3-1-2-4-11)15-9(17)8-7-13-5-6-14-8/h5-7,18H,1-4H2,(H2,12,16)(H,15,17). The molecule has 18 heavy (non-hydrogen) atoms. The molecule has 0 radical (unpaired) electrons. The first-order valence-corrected chi connectivity index (χ1v) is 5.74. The van der Waals surface area contributed by atoms with Crippen molar-refractivity contribution in [3.05, 3.63) is 24.3 Å². The summed E-state index contributed by atoms with van der Waals surface area (Å²) in [7, 11) is 0. The maximum absolute atomic E-state index is 12.0. The van der Waals surface area contributed by atoms with Gasteiger partial charge in [0.25, 0.3) is 5.91 Å². The third kappa shape index (κ3) is 2.24. The van der Waals surface area contributed by atoms with Crippen LogP contribution in [0.25, 0.3) is 0 Å². The first kappa shape index (κ1) is 12.3. The summed E-state index contributed by atoms with van der Waals surface area (Å²) < 4.78 is 0. The van der Waals surface area contributed by atoms with Gasteiger partial charge in [0.1, 0.15) is 11.2 Å². The van der Waals surface area contributed by atoms with Crippen LogP contribution in [0.1, 0.15) is 36.2 Å². The minimum atomic E-state index is -0.761. The first-order valence-electron chi connectivity index (χ1n) is 5.74. The molecule has 0 saturated heterocycles. The second-order valence-corrected chi connectivity index (χ2v) is 4.32. The number of hydrogen-bond acceptors (Lipinski definition) is 5. The largest absolute Gasteiger partial charge is 0.409 e. The highest BCUT2D eigenvalue weighted by Gasteiger charge is 2.40. The molecule has 7 nitrogen and oxygen atoms in total. The fraction of sp³-hybridized carbons (Fsp3) is 0.455. The number of amides is 1. The number of carbonyl (C=O) groups is 1. The van der Waals surface area contributed by atoms with Crippen LogP contribution in [-0.2, 0) is 0 Å². The highest BCUT2D eigenvalue weighted by atomic mass is 16.4. The molecule has 1 aromatic rings. The topological polar surface area (TPSA) is 113 Å². The lowest BCUT2D eigenvalue weighted by molar-refractivity contribution is 0.0917. The molecule has 0 aliphatic heterocycles. The number of rotatable bonds is 3. The maximum Gasteiger partial charge on any atom is 0.272 e. The second-order valence-electron chi connectivity index (χ2n) is 4.32. The molecular formula is C11H15N5O2. The summed E-state index contributed by atoms with van der Waals surface area (Å²) >= 11 is 0. The monoisotopic (exact) mass is 249 g/mol. The number of nitrogens with two attached hydrogens (primary N) is 1. The highest BCUT2D eigenvalue weighted by Crippen LogP contribution is 2.30. The first-order chi connectivity index (χ1) is 8.68. The van der Waals surface area contributed by atoms with Crippen LogP contribution in [0, 0.1) is 0 Å². The van der Waals surface area contributed by atoms with E-state index in [1.54, 1.807) is 0 Å². The zero-order chi connectivity index (χ0) is 13.0. The van der Waals surface area contributed by atoms with E-state index in [2.05, 4.69) is 20.4 Å². The summed E-state index contributed by atoms with van der Waals surface area (Å²) in [6.45, 7) is 0. The summed E-state index contributed by atoms with van der Waals surface area (Å²) in [6.07, 6.45) is 7.49. The van der Waals surface area contributed by atoms with E-state index in [1.165, 1.54) is 18.6 Å². The van der Waals surface area contributed by atoms with Crippen LogP contribution >= 0.6 is 0 Å². The SMILES string of the molecule is NC(=NO)C1(NC(=O)c2cnccn2)CCCC1. The fourth-order valence-electron chi connectivity index (χ4n) is 2.22. The Hall–Kier alpha value is -2.18. The summed E-state index contributed by atoms with van der Waals surface area (Å²) in [5.74, 6) is -0.325. The smallest absolute Gasteiger partial charge is 0.272 e. The van der Waals surface area contributed by atoms with Gasteiger partial charge < -0.3 is 16.3 Å². The van der Waals surface area contributed by atoms with Crippen LogP contribution in [-0.4, -0.2) is 32.5 Å². The Morgan fingerprint density at radius 3 is 2.72 bits per heavy atom. The summed E-state index contributed by atoms with van der Waals surface area (Å²) in [5.41, 5.74) is 5.15. The Labute approximate surface area is 104 Å². The van der Waals surface area contributed by atoms with Gasteiger partial charge in [-0.05, 0) is 12.8 Å². The predicted octanol–water partition coefficient (Wildman–Crippen LogP) is 0.266. The molecule has 0 atom stereocenters. The Morgan fingerprint density at radius 1 is 1.44 bits per heavy atom. The lowest BCUT2D eigenvalue weighted by Gasteiger charge is -2.28. The molecule has 4 N–H and O–H groups in total. The van der Waals surface area contributed by atoms with Crippen LogP contribution < -0.4 is 11.1 Å². The fourth-order valence-corrected chi connectivity index (χ4v) is 2.22. The molecular weight excluding hydrogens is 234 g/mol. The van der Waals surface area contributed by atoms with Gasteiger partial charge in [0.05, 0.1) is 6.20 Å². The molecule has 1 aliphatic rings. The van der Waals surface area contributed by atoms with Crippen molar-refractivity contribution >= 4 is 11.7 Å². The third-order valence-corrected chi connectivity index (χ3v) is 3.20. The van der Waals surface area contributed by atoms with Crippen molar-refractivity contribution in [2.24, 2.45) is 10.9 Å². The molecule has 7 heteroatoms. The molecule has 1 heterocycles. The third-order valence-electron chi connectivity index (χ3n) is 3.20. The van der Waals surface area contributed by atoms with E-state index in [1.807, 2.05) is 0 Å². The van der Waals surface area contributed by atoms with E-state index in [0.29, 0.717) is 12.8 Å². The average molecular weight is 249 g/mol. The van der Waals surface area contributed by atoms with Gasteiger partial charge in [0.15, 0.2) is 5.84 Å². The van der Waals surface area contributed by atoms with Gasteiger partial charge in [-0.2, -0.15) is 0 Å². The number of aromatic nitrogens is 2. The van der Waals surface area contributed by atoms with Gasteiger partial charge in [-0.25, -0.2) is 4.98 Å². The lowest BCUT2D eigenvalue weighted by atomic mass is 9.96. The Morgan fingerprint density at radius 2 is 2.17 bits per heavy atom. The molecule has 1 fully saturated rings. The average Bonchev–Trinajstić information content (AvgIpc) is 2.88. The molecule has 1 aromatic heterocycles. The van der Waals surface area contributed by atoms with E-state index < -0.39 is 5.54 Å². The number of hydrogen-bond donors (Lipinski definition) is 3. The van der Waals surface area contributed by atoms with E-state index in [-0.39, 0.29) is 17.4 Å². The minimum Gasteiger partial charge on any atom is -0.409 e. The van der Waals surface area contributed by atoms with Crippen molar-refractivity contribution in [1.29, 1.82) is 0 Å². The van der Waals surface area contributed by atoms with E-state index >= 15 is 0 Å². The number of carbonyl (C=O) groups excluding carboxylic acids is 1. The Balaban J connectivity index is 2.18. The second kappa shape index (κ2) is 4.99. The van der Waals surface area contributed by atoms with Crippen molar-refractivity contribution in [2.75, 3.05) is 0 Å². The maximum atomic E-state index is 12.0. The molecule has 0 aromatic carbocycles. The van der Waals surface area contributed by atoms with Crippen molar-refractivity contribution in [1.82, 2.24) is 15.3 Å². The van der Waals surface area contributed by atoms with Gasteiger partial charge in [-0.15, -0.1) is 0 Å². The Kier molecular flexibility index (Phi) is 3.40. The lowest BCUT2D eigenvalue weighted by Crippen LogP contribution is -2.55. The zero-order valence-electron chi connectivity index (χ0n) is 9.83. The van der Waals surface area contributed by atoms with Crippen molar-refractivity contribution < 1.29 is 10.0 Å². The van der Waals surface area contributed by atoms with Crippen molar-refractivity contribution in [3.8, 4) is 0 Å². The summed E-state index contributed by atoms with van der Waals surface area (Å²) in [4.78, 5) is 19.8. The minimum absolute atomic E-state index is 0.0391. The van der Waals surface area contributed by atoms with E-state index in [4.69, 9.17) is 10.9 Å². The zero-order valence-corrected chi connectivity index (χ0v) is 9.83. The molecule has 2 rings (SSSR count). The number of oxime groups is 1. The van der Waals surface area contributed by atoms with Crippen LogP contribution in [0.2, 0.25) is 0 Å². The molecule has 1 amide bonds. The highest BCUT2D eigenvalue weighted by molar-refractivity contribution is 5.99. The number of nitrogens with zero attached hydrogens (tertiary/aromatic N) is 3. The summed E-state index contributed by atoms with van der Waals surface area (Å²) in [6, 6.07) is 0. The predicted molar refractivity (Wildman–Crippen MR) is 64.1 cm³/mol. The Bertz CT molecular complexity index is 454. The molecule has 0 unspecified atom stereocenters. The summed E-state index contributed by atoms with van der Waals surface area (Å²) in [5, 5.41) is 14.7. The molecule has 1 saturated carbocycles. The number of amidine groups is 1. The van der Waals surface area contributed by atoms with Crippen LogP contribution in [0.15, 0.2) is 23.7 Å². The quantitative estimate of drug-likeness (QED) is 0.308. The van der Waals surface area contributed by atoms with Gasteiger partial charge in [0, 0.05) is 12.4 Å². The van der Waals surface area contributed by atoms with Crippen LogP contribution in [0.4, 0.5) is 0 Å². The van der Waals surface area contributed by atoms with Gasteiger partial charge >= 0.3 is 0 Å². The number of nitrogens with one attached hydrogen (secondary N) is 1. The molecule has 96 valence electrons. The molecule has 0 bridgehead atoms. The van der Waals surface area contributed by atoms with Crippen LogP contribution in [0.5, 0.6) is 0 Å². The normalized spacial score (nSPS) is 18.6. The molecule has 1 aliphatic carbocycles. The van der Waals surface area contributed by atoms with Crippen molar-refractivity contribution in [3.63, 3.8) is 0 Å².